The van der Waals surface area contributed by atoms with E-state index in [1.807, 2.05) is 24.4 Å². The minimum Gasteiger partial charge on any atom is -0.460 e. The summed E-state index contributed by atoms with van der Waals surface area (Å²) in [7, 11) is 0. The van der Waals surface area contributed by atoms with Crippen LogP contribution in [0.4, 0.5) is 0 Å². The van der Waals surface area contributed by atoms with Crippen LogP contribution in [0.25, 0.3) is 11.5 Å². The van der Waals surface area contributed by atoms with Crippen molar-refractivity contribution < 1.29 is 9.21 Å². The maximum atomic E-state index is 10.7. The zero-order chi connectivity index (χ0) is 10.8. The van der Waals surface area contributed by atoms with Crippen LogP contribution < -0.4 is 5.73 Å². The normalized spacial score (nSPS) is 10.5. The van der Waals surface area contributed by atoms with Crippen molar-refractivity contribution in [1.82, 2.24) is 4.98 Å². The third-order valence-corrected chi connectivity index (χ3v) is 2.72. The number of hydrogen-bond donors (Lipinski definition) is 1. The third kappa shape index (κ3) is 2.24. The minimum absolute atomic E-state index is 0.185. The number of nitrogens with two attached hydrogens (primary N) is 1. The lowest BCUT2D eigenvalue weighted by molar-refractivity contribution is -0.117. The van der Waals surface area contributed by atoms with Crippen molar-refractivity contribution >= 4 is 17.2 Å². The smallest absolute Gasteiger partial charge is 0.224 e. The van der Waals surface area contributed by atoms with Gasteiger partial charge in [-0.2, -0.15) is 0 Å². The molecule has 2 aromatic heterocycles. The molecule has 15 heavy (non-hydrogen) atoms. The van der Waals surface area contributed by atoms with Gasteiger partial charge in [0.1, 0.15) is 16.5 Å². The Labute approximate surface area is 90.7 Å². The van der Waals surface area contributed by atoms with Crippen LogP contribution in [0.1, 0.15) is 10.8 Å². The number of thiazole rings is 1. The van der Waals surface area contributed by atoms with Gasteiger partial charge >= 0.3 is 0 Å². The summed E-state index contributed by atoms with van der Waals surface area (Å²) in [6.45, 7) is 1.88. The van der Waals surface area contributed by atoms with Gasteiger partial charge in [0.2, 0.25) is 5.91 Å². The monoisotopic (exact) mass is 222 g/mol. The first-order valence-corrected chi connectivity index (χ1v) is 5.32. The molecular weight excluding hydrogens is 212 g/mol. The lowest BCUT2D eigenvalue weighted by Crippen LogP contribution is -2.13. The van der Waals surface area contributed by atoms with Crippen LogP contribution in [0.2, 0.25) is 0 Å². The van der Waals surface area contributed by atoms with Crippen LogP contribution >= 0.6 is 11.3 Å². The number of carbonyl (C=O) groups is 1. The molecule has 0 aliphatic rings. The molecule has 2 heterocycles. The highest BCUT2D eigenvalue weighted by atomic mass is 32.1. The second-order valence-corrected chi connectivity index (χ2v) is 4.12. The second-order valence-electron chi connectivity index (χ2n) is 3.18. The standard InChI is InChI=1S/C10H10N2O2S/c1-6-2-3-8(14-6)7-5-15-10(12-7)4-9(11)13/h2-3,5H,4H2,1H3,(H2,11,13). The van der Waals surface area contributed by atoms with Gasteiger partial charge in [-0.1, -0.05) is 0 Å². The van der Waals surface area contributed by atoms with Gasteiger partial charge < -0.3 is 10.2 Å². The van der Waals surface area contributed by atoms with E-state index in [-0.39, 0.29) is 12.3 Å². The lowest BCUT2D eigenvalue weighted by Gasteiger charge is -1.89. The highest BCUT2D eigenvalue weighted by Gasteiger charge is 2.09. The number of amides is 1. The zero-order valence-corrected chi connectivity index (χ0v) is 9.00. The SMILES string of the molecule is Cc1ccc(-c2csc(CC(N)=O)n2)o1. The molecule has 0 aliphatic heterocycles. The van der Waals surface area contributed by atoms with Crippen LogP contribution in [-0.4, -0.2) is 10.9 Å². The third-order valence-electron chi connectivity index (χ3n) is 1.87. The molecule has 0 aliphatic carbocycles. The Bertz CT molecular complexity index is 487. The Morgan fingerprint density at radius 2 is 2.40 bits per heavy atom. The van der Waals surface area contributed by atoms with E-state index >= 15 is 0 Å². The van der Waals surface area contributed by atoms with Crippen LogP contribution in [0.15, 0.2) is 21.9 Å². The first-order chi connectivity index (χ1) is 7.15. The Kier molecular flexibility index (Phi) is 2.55. The Morgan fingerprint density at radius 3 is 3.00 bits per heavy atom. The second kappa shape index (κ2) is 3.86. The number of carbonyl (C=O) groups excluding carboxylic acids is 1. The van der Waals surface area contributed by atoms with Gasteiger partial charge in [0.05, 0.1) is 6.42 Å². The van der Waals surface area contributed by atoms with E-state index in [2.05, 4.69) is 4.98 Å². The van der Waals surface area contributed by atoms with E-state index in [0.717, 1.165) is 17.2 Å². The Morgan fingerprint density at radius 1 is 1.60 bits per heavy atom. The van der Waals surface area contributed by atoms with Crippen molar-refractivity contribution in [2.75, 3.05) is 0 Å². The minimum atomic E-state index is -0.369. The molecule has 2 N–H and O–H groups in total. The molecule has 0 saturated heterocycles. The fourth-order valence-corrected chi connectivity index (χ4v) is 2.02. The topological polar surface area (TPSA) is 69.1 Å². The first-order valence-electron chi connectivity index (χ1n) is 4.44. The highest BCUT2D eigenvalue weighted by molar-refractivity contribution is 7.10. The fourth-order valence-electron chi connectivity index (χ4n) is 1.23. The van der Waals surface area contributed by atoms with Gasteiger partial charge in [-0.25, -0.2) is 4.98 Å². The van der Waals surface area contributed by atoms with E-state index in [0.29, 0.717) is 5.01 Å². The Hall–Kier alpha value is -1.62. The number of rotatable bonds is 3. The molecule has 0 spiro atoms. The molecule has 0 bridgehead atoms. The number of hydrogen-bond acceptors (Lipinski definition) is 4. The molecule has 0 fully saturated rings. The summed E-state index contributed by atoms with van der Waals surface area (Å²) in [5.74, 6) is 1.19. The van der Waals surface area contributed by atoms with Crippen LogP contribution in [0, 0.1) is 6.92 Å². The maximum Gasteiger partial charge on any atom is 0.224 e. The van der Waals surface area contributed by atoms with Gasteiger partial charge in [0, 0.05) is 5.38 Å². The number of furan rings is 1. The molecule has 5 heteroatoms. The van der Waals surface area contributed by atoms with E-state index in [9.17, 15) is 4.79 Å². The molecule has 0 radical (unpaired) electrons. The van der Waals surface area contributed by atoms with Crippen LogP contribution in [-0.2, 0) is 11.2 Å². The van der Waals surface area contributed by atoms with E-state index in [4.69, 9.17) is 10.2 Å². The quantitative estimate of drug-likeness (QED) is 0.860. The predicted molar refractivity (Wildman–Crippen MR) is 57.5 cm³/mol. The molecule has 4 nitrogen and oxygen atoms in total. The molecule has 0 unspecified atom stereocenters. The van der Waals surface area contributed by atoms with E-state index in [1.54, 1.807) is 0 Å². The average Bonchev–Trinajstić information content (AvgIpc) is 2.72. The summed E-state index contributed by atoms with van der Waals surface area (Å²) in [5.41, 5.74) is 5.83. The maximum absolute atomic E-state index is 10.7. The van der Waals surface area contributed by atoms with Crippen molar-refractivity contribution in [1.29, 1.82) is 0 Å². The number of aryl methyl sites for hydroxylation is 1. The summed E-state index contributed by atoms with van der Waals surface area (Å²) in [6, 6.07) is 3.74. The molecule has 78 valence electrons. The van der Waals surface area contributed by atoms with Crippen molar-refractivity contribution in [3.8, 4) is 11.5 Å². The van der Waals surface area contributed by atoms with Gasteiger partial charge in [0.15, 0.2) is 5.76 Å². The zero-order valence-electron chi connectivity index (χ0n) is 8.19. The molecule has 2 aromatic rings. The summed E-state index contributed by atoms with van der Waals surface area (Å²) in [6.07, 6.45) is 0.185. The largest absolute Gasteiger partial charge is 0.460 e. The lowest BCUT2D eigenvalue weighted by atomic mass is 10.3. The number of aromatic nitrogens is 1. The van der Waals surface area contributed by atoms with Gasteiger partial charge in [0.25, 0.3) is 0 Å². The summed E-state index contributed by atoms with van der Waals surface area (Å²) in [4.78, 5) is 14.9. The van der Waals surface area contributed by atoms with Crippen molar-refractivity contribution in [3.05, 3.63) is 28.3 Å². The van der Waals surface area contributed by atoms with E-state index < -0.39 is 0 Å². The average molecular weight is 222 g/mol. The molecule has 0 saturated carbocycles. The van der Waals surface area contributed by atoms with Gasteiger partial charge in [-0.3, -0.25) is 4.79 Å². The van der Waals surface area contributed by atoms with Crippen molar-refractivity contribution in [2.45, 2.75) is 13.3 Å². The molecule has 1 amide bonds. The highest BCUT2D eigenvalue weighted by Crippen LogP contribution is 2.23. The Balaban J connectivity index is 2.23. The summed E-state index contributed by atoms with van der Waals surface area (Å²) in [5, 5.41) is 2.57. The molecule has 0 aromatic carbocycles. The number of nitrogens with zero attached hydrogens (tertiary/aromatic N) is 1. The fraction of sp³-hybridized carbons (Fsp3) is 0.200. The van der Waals surface area contributed by atoms with Crippen molar-refractivity contribution in [2.24, 2.45) is 5.73 Å². The van der Waals surface area contributed by atoms with Gasteiger partial charge in [-0.15, -0.1) is 11.3 Å². The predicted octanol–water partition coefficient (Wildman–Crippen LogP) is 1.74. The molecule has 2 rings (SSSR count). The molecule has 0 atom stereocenters. The van der Waals surface area contributed by atoms with Crippen LogP contribution in [0.5, 0.6) is 0 Å². The summed E-state index contributed by atoms with van der Waals surface area (Å²) >= 11 is 1.41. The van der Waals surface area contributed by atoms with Gasteiger partial charge in [-0.05, 0) is 19.1 Å². The van der Waals surface area contributed by atoms with E-state index in [1.165, 1.54) is 11.3 Å². The van der Waals surface area contributed by atoms with Crippen molar-refractivity contribution in [3.63, 3.8) is 0 Å². The number of primary amides is 1. The molecular formula is C10H10N2O2S. The first kappa shape index (κ1) is 9.92. The van der Waals surface area contributed by atoms with Crippen LogP contribution in [0.3, 0.4) is 0 Å². The summed E-state index contributed by atoms with van der Waals surface area (Å²) < 4.78 is 5.42.